The van der Waals surface area contributed by atoms with Crippen molar-refractivity contribution in [1.82, 2.24) is 13.8 Å². The Morgan fingerprint density at radius 3 is 2.52 bits per heavy atom. The molecule has 1 saturated heterocycles. The van der Waals surface area contributed by atoms with E-state index in [2.05, 4.69) is 0 Å². The Labute approximate surface area is 180 Å². The van der Waals surface area contributed by atoms with Crippen molar-refractivity contribution < 1.29 is 17.6 Å². The van der Waals surface area contributed by atoms with Crippen molar-refractivity contribution in [1.29, 1.82) is 0 Å². The summed E-state index contributed by atoms with van der Waals surface area (Å²) in [5.41, 5.74) is 2.15. The van der Waals surface area contributed by atoms with Gasteiger partial charge in [-0.15, -0.1) is 0 Å². The van der Waals surface area contributed by atoms with Crippen molar-refractivity contribution in [2.45, 2.75) is 31.2 Å². The zero-order chi connectivity index (χ0) is 22.0. The number of nitrogens with zero attached hydrogens (tertiary/aromatic N) is 3. The molecule has 8 nitrogen and oxygen atoms in total. The minimum absolute atomic E-state index is 0.105. The molecule has 4 rings (SSSR count). The Hall–Kier alpha value is -2.91. The summed E-state index contributed by atoms with van der Waals surface area (Å²) in [5.74, 6) is -0.591. The number of carbonyl (C=O) groups is 1. The molecular weight excluding hydrogens is 418 g/mol. The third-order valence-electron chi connectivity index (χ3n) is 5.59. The van der Waals surface area contributed by atoms with Crippen LogP contribution in [0.3, 0.4) is 0 Å². The van der Waals surface area contributed by atoms with Gasteiger partial charge in [-0.25, -0.2) is 13.2 Å². The van der Waals surface area contributed by atoms with Crippen molar-refractivity contribution in [3.8, 4) is 0 Å². The third-order valence-corrected chi connectivity index (χ3v) is 7.50. The Morgan fingerprint density at radius 2 is 1.74 bits per heavy atom. The summed E-state index contributed by atoms with van der Waals surface area (Å²) in [7, 11) is -3.59. The van der Waals surface area contributed by atoms with Crippen molar-refractivity contribution >= 4 is 27.0 Å². The summed E-state index contributed by atoms with van der Waals surface area (Å²) in [5, 5.41) is 0. The smallest absolute Gasteiger partial charge is 0.408 e. The van der Waals surface area contributed by atoms with Crippen LogP contribution in [0.4, 0.5) is 0 Å². The van der Waals surface area contributed by atoms with Crippen LogP contribution >= 0.6 is 0 Å². The lowest BCUT2D eigenvalue weighted by atomic mass is 10.2. The van der Waals surface area contributed by atoms with Gasteiger partial charge in [-0.05, 0) is 37.6 Å². The first-order chi connectivity index (χ1) is 14.9. The molecule has 1 amide bonds. The number of amides is 1. The maximum Gasteiger partial charge on any atom is 0.419 e. The molecule has 31 heavy (non-hydrogen) atoms. The van der Waals surface area contributed by atoms with Gasteiger partial charge < -0.3 is 9.32 Å². The standard InChI is InChI=1S/C22H25N3O5S/c1-17-7-9-18(10-8-17)31(28,29)24-13-4-12-23(15-16-24)21(26)11-14-25-19-5-2-3-6-20(19)30-22(25)27/h2-3,5-10H,4,11-16H2,1H3. The molecule has 2 aromatic carbocycles. The molecule has 1 fully saturated rings. The Morgan fingerprint density at radius 1 is 1.00 bits per heavy atom. The zero-order valence-corrected chi connectivity index (χ0v) is 18.2. The molecule has 0 aliphatic carbocycles. The molecule has 1 aliphatic rings. The van der Waals surface area contributed by atoms with E-state index in [1.54, 1.807) is 47.4 Å². The van der Waals surface area contributed by atoms with Crippen molar-refractivity contribution in [3.05, 3.63) is 64.6 Å². The van der Waals surface area contributed by atoms with E-state index in [9.17, 15) is 18.0 Å². The number of carbonyl (C=O) groups excluding carboxylic acids is 1. The predicted molar refractivity (Wildman–Crippen MR) is 116 cm³/mol. The average molecular weight is 444 g/mol. The third kappa shape index (κ3) is 4.42. The normalized spacial score (nSPS) is 15.8. The molecule has 0 spiro atoms. The SMILES string of the molecule is Cc1ccc(S(=O)(=O)N2CCCN(C(=O)CCn3c(=O)oc4ccccc43)CC2)cc1. The van der Waals surface area contributed by atoms with Crippen LogP contribution in [-0.4, -0.2) is 54.3 Å². The van der Waals surface area contributed by atoms with E-state index in [-0.39, 0.29) is 30.3 Å². The molecule has 3 aromatic rings. The first kappa shape index (κ1) is 21.3. The van der Waals surface area contributed by atoms with E-state index in [1.165, 1.54) is 8.87 Å². The lowest BCUT2D eigenvalue weighted by molar-refractivity contribution is -0.131. The van der Waals surface area contributed by atoms with Crippen LogP contribution in [0.2, 0.25) is 0 Å². The highest BCUT2D eigenvalue weighted by molar-refractivity contribution is 7.89. The van der Waals surface area contributed by atoms with E-state index >= 15 is 0 Å². The van der Waals surface area contributed by atoms with Crippen LogP contribution in [0.15, 0.2) is 62.6 Å². The van der Waals surface area contributed by atoms with Crippen molar-refractivity contribution in [2.75, 3.05) is 26.2 Å². The first-order valence-corrected chi connectivity index (χ1v) is 11.7. The van der Waals surface area contributed by atoms with Crippen molar-refractivity contribution in [2.24, 2.45) is 0 Å². The molecule has 0 atom stereocenters. The number of fused-ring (bicyclic) bond motifs is 1. The lowest BCUT2D eigenvalue weighted by Crippen LogP contribution is -2.37. The van der Waals surface area contributed by atoms with Crippen LogP contribution < -0.4 is 5.76 Å². The molecule has 1 aliphatic heterocycles. The van der Waals surface area contributed by atoms with Gasteiger partial charge in [0.15, 0.2) is 5.58 Å². The van der Waals surface area contributed by atoms with Crippen molar-refractivity contribution in [3.63, 3.8) is 0 Å². The summed E-state index contributed by atoms with van der Waals surface area (Å²) >= 11 is 0. The highest BCUT2D eigenvalue weighted by Crippen LogP contribution is 2.19. The highest BCUT2D eigenvalue weighted by Gasteiger charge is 2.28. The first-order valence-electron chi connectivity index (χ1n) is 10.3. The molecule has 2 heterocycles. The summed E-state index contributed by atoms with van der Waals surface area (Å²) in [4.78, 5) is 26.8. The summed E-state index contributed by atoms with van der Waals surface area (Å²) < 4.78 is 34.0. The maximum absolute atomic E-state index is 12.9. The second-order valence-corrected chi connectivity index (χ2v) is 9.63. The minimum Gasteiger partial charge on any atom is -0.408 e. The molecule has 0 saturated carbocycles. The van der Waals surface area contributed by atoms with Gasteiger partial charge in [0.05, 0.1) is 10.4 Å². The highest BCUT2D eigenvalue weighted by atomic mass is 32.2. The summed E-state index contributed by atoms with van der Waals surface area (Å²) in [6.45, 7) is 3.55. The van der Waals surface area contributed by atoms with E-state index in [1.807, 2.05) is 13.0 Å². The number of oxazole rings is 1. The number of aryl methyl sites for hydroxylation is 2. The number of aromatic nitrogens is 1. The number of rotatable bonds is 5. The van der Waals surface area contributed by atoms with Crippen LogP contribution in [0.1, 0.15) is 18.4 Å². The monoisotopic (exact) mass is 443 g/mol. The van der Waals surface area contributed by atoms with Gasteiger partial charge in [0.25, 0.3) is 0 Å². The number of hydrogen-bond donors (Lipinski definition) is 0. The second kappa shape index (κ2) is 8.68. The fourth-order valence-electron chi connectivity index (χ4n) is 3.83. The zero-order valence-electron chi connectivity index (χ0n) is 17.4. The molecule has 0 unspecified atom stereocenters. The van der Waals surface area contributed by atoms with Gasteiger partial charge in [-0.2, -0.15) is 4.31 Å². The van der Waals surface area contributed by atoms with Gasteiger partial charge >= 0.3 is 5.76 Å². The number of hydrogen-bond acceptors (Lipinski definition) is 5. The van der Waals surface area contributed by atoms with Crippen LogP contribution in [0.5, 0.6) is 0 Å². The molecule has 0 bridgehead atoms. The van der Waals surface area contributed by atoms with E-state index in [0.717, 1.165) is 5.56 Å². The number of sulfonamides is 1. The summed E-state index contributed by atoms with van der Waals surface area (Å²) in [6, 6.07) is 13.9. The number of benzene rings is 2. The van der Waals surface area contributed by atoms with Gasteiger partial charge in [-0.3, -0.25) is 9.36 Å². The number of para-hydroxylation sites is 2. The second-order valence-electron chi connectivity index (χ2n) is 7.69. The molecule has 9 heteroatoms. The van der Waals surface area contributed by atoms with Crippen LogP contribution in [0, 0.1) is 6.92 Å². The van der Waals surface area contributed by atoms with Crippen LogP contribution in [-0.2, 0) is 21.4 Å². The van der Waals surface area contributed by atoms with Gasteiger partial charge in [0, 0.05) is 39.1 Å². The lowest BCUT2D eigenvalue weighted by Gasteiger charge is -2.22. The van der Waals surface area contributed by atoms with Crippen LogP contribution in [0.25, 0.3) is 11.1 Å². The predicted octanol–water partition coefficient (Wildman–Crippen LogP) is 2.22. The largest absolute Gasteiger partial charge is 0.419 e. The van der Waals surface area contributed by atoms with Gasteiger partial charge in [0.2, 0.25) is 15.9 Å². The Balaban J connectivity index is 1.40. The quantitative estimate of drug-likeness (QED) is 0.603. The van der Waals surface area contributed by atoms with E-state index in [4.69, 9.17) is 4.42 Å². The fourth-order valence-corrected chi connectivity index (χ4v) is 5.30. The Bertz CT molecular complexity index is 1240. The molecule has 1 aromatic heterocycles. The average Bonchev–Trinajstić information content (AvgIpc) is 2.91. The molecule has 0 radical (unpaired) electrons. The van der Waals surface area contributed by atoms with E-state index in [0.29, 0.717) is 37.2 Å². The summed E-state index contributed by atoms with van der Waals surface area (Å²) in [6.07, 6.45) is 0.708. The Kier molecular flexibility index (Phi) is 5.97. The topological polar surface area (TPSA) is 92.8 Å². The van der Waals surface area contributed by atoms with E-state index < -0.39 is 15.8 Å². The van der Waals surface area contributed by atoms with Gasteiger partial charge in [0.1, 0.15) is 0 Å². The van der Waals surface area contributed by atoms with Gasteiger partial charge in [-0.1, -0.05) is 29.8 Å². The fraction of sp³-hybridized carbons (Fsp3) is 0.364. The molecule has 164 valence electrons. The molecular formula is C22H25N3O5S. The maximum atomic E-state index is 12.9. The minimum atomic E-state index is -3.59. The molecule has 0 N–H and O–H groups in total.